The number of carbonyl (C=O) groups is 1. The molecule has 0 saturated heterocycles. The molecule has 2 N–H and O–H groups in total. The lowest BCUT2D eigenvalue weighted by Gasteiger charge is -2.10. The molecule has 126 valence electrons. The monoisotopic (exact) mass is 325 g/mol. The molecule has 24 heavy (non-hydrogen) atoms. The van der Waals surface area contributed by atoms with Crippen LogP contribution in [0.3, 0.4) is 0 Å². The molecule has 0 radical (unpaired) electrons. The highest BCUT2D eigenvalue weighted by Gasteiger charge is 2.44. The van der Waals surface area contributed by atoms with E-state index in [-0.39, 0.29) is 17.6 Å². The number of phenols is 1. The minimum atomic E-state index is 0.0741. The van der Waals surface area contributed by atoms with E-state index in [9.17, 15) is 9.90 Å². The summed E-state index contributed by atoms with van der Waals surface area (Å²) in [5, 5.41) is 13.0. The Labute approximate surface area is 142 Å². The molecule has 1 aliphatic carbocycles. The van der Waals surface area contributed by atoms with Gasteiger partial charge in [0.1, 0.15) is 0 Å². The van der Waals surface area contributed by atoms with Gasteiger partial charge in [-0.3, -0.25) is 4.79 Å². The highest BCUT2D eigenvalue weighted by molar-refractivity contribution is 5.83. The molecule has 4 heteroatoms. The summed E-state index contributed by atoms with van der Waals surface area (Å²) < 4.78 is 5.10. The summed E-state index contributed by atoms with van der Waals surface area (Å²) in [6.45, 7) is 2.60. The Bertz CT molecular complexity index is 741. The van der Waals surface area contributed by atoms with E-state index in [0.29, 0.717) is 24.6 Å². The van der Waals surface area contributed by atoms with Gasteiger partial charge in [-0.15, -0.1) is 0 Å². The standard InChI is InChI=1S/C20H23NO3/c1-13-6-3-4-8-15(13)16-12-17(16)20(23)21-11-10-14-7-5-9-18(24-2)19(14)22/h3-9,16-17,22H,10-12H2,1-2H3,(H,21,23). The highest BCUT2D eigenvalue weighted by atomic mass is 16.5. The molecule has 2 aromatic rings. The van der Waals surface area contributed by atoms with Crippen LogP contribution in [0.4, 0.5) is 0 Å². The van der Waals surface area contributed by atoms with Gasteiger partial charge in [0.15, 0.2) is 11.5 Å². The maximum Gasteiger partial charge on any atom is 0.223 e. The molecule has 0 spiro atoms. The van der Waals surface area contributed by atoms with Crippen LogP contribution in [0.25, 0.3) is 0 Å². The van der Waals surface area contributed by atoms with Gasteiger partial charge in [0, 0.05) is 12.5 Å². The highest BCUT2D eigenvalue weighted by Crippen LogP contribution is 2.48. The normalized spacial score (nSPS) is 18.9. The number of methoxy groups -OCH3 is 1. The lowest BCUT2D eigenvalue weighted by atomic mass is 10.0. The second kappa shape index (κ2) is 6.95. The van der Waals surface area contributed by atoms with Gasteiger partial charge in [0.05, 0.1) is 7.11 Å². The molecule has 0 aliphatic heterocycles. The van der Waals surface area contributed by atoms with Gasteiger partial charge in [-0.25, -0.2) is 0 Å². The summed E-state index contributed by atoms with van der Waals surface area (Å²) in [5.74, 6) is 1.13. The largest absolute Gasteiger partial charge is 0.504 e. The number of amides is 1. The van der Waals surface area contributed by atoms with Gasteiger partial charge in [-0.2, -0.15) is 0 Å². The van der Waals surface area contributed by atoms with Crippen LogP contribution in [-0.2, 0) is 11.2 Å². The molecule has 3 rings (SSSR count). The Morgan fingerprint density at radius 1 is 1.25 bits per heavy atom. The summed E-state index contributed by atoms with van der Waals surface area (Å²) >= 11 is 0. The van der Waals surface area contributed by atoms with Crippen molar-refractivity contribution < 1.29 is 14.6 Å². The molecule has 1 aliphatic rings. The molecule has 0 heterocycles. The number of hydrogen-bond donors (Lipinski definition) is 2. The summed E-state index contributed by atoms with van der Waals surface area (Å²) in [5.41, 5.74) is 3.31. The third-order valence-electron chi connectivity index (χ3n) is 4.71. The van der Waals surface area contributed by atoms with E-state index in [1.807, 2.05) is 24.3 Å². The van der Waals surface area contributed by atoms with Crippen molar-refractivity contribution in [1.29, 1.82) is 0 Å². The molecule has 4 nitrogen and oxygen atoms in total. The van der Waals surface area contributed by atoms with Gasteiger partial charge in [0.25, 0.3) is 0 Å². The lowest BCUT2D eigenvalue weighted by molar-refractivity contribution is -0.122. The van der Waals surface area contributed by atoms with Gasteiger partial charge in [-0.1, -0.05) is 36.4 Å². The predicted octanol–water partition coefficient (Wildman–Crippen LogP) is 3.17. The number of rotatable bonds is 6. The van der Waals surface area contributed by atoms with Crippen LogP contribution in [0.15, 0.2) is 42.5 Å². The van der Waals surface area contributed by atoms with Crippen molar-refractivity contribution in [2.75, 3.05) is 13.7 Å². The van der Waals surface area contributed by atoms with E-state index in [1.165, 1.54) is 18.2 Å². The first-order valence-corrected chi connectivity index (χ1v) is 8.30. The fraction of sp³-hybridized carbons (Fsp3) is 0.350. The van der Waals surface area contributed by atoms with E-state index < -0.39 is 0 Å². The number of nitrogens with one attached hydrogen (secondary N) is 1. The first-order chi connectivity index (χ1) is 11.6. The molecule has 1 amide bonds. The van der Waals surface area contributed by atoms with E-state index in [2.05, 4.69) is 24.4 Å². The Kier molecular flexibility index (Phi) is 4.74. The Hall–Kier alpha value is -2.49. The molecule has 0 bridgehead atoms. The fourth-order valence-electron chi connectivity index (χ4n) is 3.22. The minimum Gasteiger partial charge on any atom is -0.504 e. The zero-order valence-electron chi connectivity index (χ0n) is 14.1. The quantitative estimate of drug-likeness (QED) is 0.857. The van der Waals surface area contributed by atoms with Crippen molar-refractivity contribution in [2.45, 2.75) is 25.7 Å². The number of hydrogen-bond acceptors (Lipinski definition) is 3. The smallest absolute Gasteiger partial charge is 0.223 e. The number of carbonyl (C=O) groups excluding carboxylic acids is 1. The molecule has 2 aromatic carbocycles. The number of para-hydroxylation sites is 1. The van der Waals surface area contributed by atoms with E-state index in [4.69, 9.17) is 4.74 Å². The van der Waals surface area contributed by atoms with E-state index in [1.54, 1.807) is 6.07 Å². The maximum atomic E-state index is 12.3. The summed E-state index contributed by atoms with van der Waals surface area (Å²) in [4.78, 5) is 12.3. The second-order valence-corrected chi connectivity index (χ2v) is 6.31. The van der Waals surface area contributed by atoms with E-state index in [0.717, 1.165) is 12.0 Å². The van der Waals surface area contributed by atoms with Crippen molar-refractivity contribution in [3.8, 4) is 11.5 Å². The van der Waals surface area contributed by atoms with Crippen LogP contribution >= 0.6 is 0 Å². The first-order valence-electron chi connectivity index (χ1n) is 8.30. The molecule has 1 saturated carbocycles. The van der Waals surface area contributed by atoms with Crippen molar-refractivity contribution in [2.24, 2.45) is 5.92 Å². The summed E-state index contributed by atoms with van der Waals surface area (Å²) in [6.07, 6.45) is 1.50. The Balaban J connectivity index is 1.52. The van der Waals surface area contributed by atoms with Crippen molar-refractivity contribution in [3.05, 3.63) is 59.2 Å². The minimum absolute atomic E-state index is 0.0741. The maximum absolute atomic E-state index is 12.3. The summed E-state index contributed by atoms with van der Waals surface area (Å²) in [6, 6.07) is 13.7. The number of aryl methyl sites for hydroxylation is 1. The fourth-order valence-corrected chi connectivity index (χ4v) is 3.22. The van der Waals surface area contributed by atoms with E-state index >= 15 is 0 Å². The average Bonchev–Trinajstić information content (AvgIpc) is 3.37. The SMILES string of the molecule is COc1cccc(CCNC(=O)C2CC2c2ccccc2C)c1O. The average molecular weight is 325 g/mol. The second-order valence-electron chi connectivity index (χ2n) is 6.31. The van der Waals surface area contributed by atoms with Gasteiger partial charge in [0.2, 0.25) is 5.91 Å². The zero-order valence-corrected chi connectivity index (χ0v) is 14.1. The van der Waals surface area contributed by atoms with Crippen molar-refractivity contribution in [1.82, 2.24) is 5.32 Å². The topological polar surface area (TPSA) is 58.6 Å². The molecule has 0 aromatic heterocycles. The number of aromatic hydroxyl groups is 1. The molecule has 1 fully saturated rings. The van der Waals surface area contributed by atoms with Crippen LogP contribution in [0.2, 0.25) is 0 Å². The van der Waals surface area contributed by atoms with Crippen molar-refractivity contribution >= 4 is 5.91 Å². The zero-order chi connectivity index (χ0) is 17.1. The van der Waals surface area contributed by atoms with Gasteiger partial charge >= 0.3 is 0 Å². The number of phenolic OH excluding ortho intramolecular Hbond substituents is 1. The van der Waals surface area contributed by atoms with Crippen LogP contribution in [0.5, 0.6) is 11.5 Å². The number of benzene rings is 2. The van der Waals surface area contributed by atoms with Crippen LogP contribution < -0.4 is 10.1 Å². The van der Waals surface area contributed by atoms with Crippen LogP contribution in [0, 0.1) is 12.8 Å². The summed E-state index contributed by atoms with van der Waals surface area (Å²) in [7, 11) is 1.53. The third-order valence-corrected chi connectivity index (χ3v) is 4.71. The first kappa shape index (κ1) is 16.4. The number of ether oxygens (including phenoxy) is 1. The van der Waals surface area contributed by atoms with Gasteiger partial charge in [-0.05, 0) is 48.4 Å². The van der Waals surface area contributed by atoms with Crippen molar-refractivity contribution in [3.63, 3.8) is 0 Å². The predicted molar refractivity (Wildman–Crippen MR) is 93.4 cm³/mol. The molecular weight excluding hydrogens is 302 g/mol. The molecular formula is C20H23NO3. The Morgan fingerprint density at radius 2 is 2.04 bits per heavy atom. The third kappa shape index (κ3) is 3.37. The Morgan fingerprint density at radius 3 is 2.79 bits per heavy atom. The van der Waals surface area contributed by atoms with Crippen LogP contribution in [-0.4, -0.2) is 24.7 Å². The molecule has 2 atom stereocenters. The van der Waals surface area contributed by atoms with Gasteiger partial charge < -0.3 is 15.2 Å². The lowest BCUT2D eigenvalue weighted by Crippen LogP contribution is -2.27. The molecule has 2 unspecified atom stereocenters. The van der Waals surface area contributed by atoms with Crippen LogP contribution in [0.1, 0.15) is 29.0 Å².